The molecule has 10 heteroatoms. The highest BCUT2D eigenvalue weighted by atomic mass is 32.2. The van der Waals surface area contributed by atoms with E-state index in [4.69, 9.17) is 5.11 Å². The summed E-state index contributed by atoms with van der Waals surface area (Å²) in [5.74, 6) is -0.938. The zero-order valence-corrected chi connectivity index (χ0v) is 15.7. The molecule has 3 heterocycles. The smallest absolute Gasteiger partial charge is 0.320 e. The van der Waals surface area contributed by atoms with Crippen molar-refractivity contribution in [2.24, 2.45) is 0 Å². The highest BCUT2D eigenvalue weighted by Crippen LogP contribution is 2.33. The Hall–Kier alpha value is -1.75. The van der Waals surface area contributed by atoms with Gasteiger partial charge in [-0.05, 0) is 39.4 Å². The van der Waals surface area contributed by atoms with Crippen LogP contribution < -0.4 is 4.72 Å². The van der Waals surface area contributed by atoms with Crippen LogP contribution >= 0.6 is 11.3 Å². The number of likely N-dealkylation sites (tertiary alicyclic amines) is 1. The van der Waals surface area contributed by atoms with Gasteiger partial charge >= 0.3 is 5.97 Å². The Morgan fingerprint density at radius 2 is 2.16 bits per heavy atom. The highest BCUT2D eigenvalue weighted by Gasteiger charge is 2.37. The summed E-state index contributed by atoms with van der Waals surface area (Å²) in [6.07, 6.45) is 0.250. The molecule has 136 valence electrons. The maximum absolute atomic E-state index is 12.7. The fourth-order valence-electron chi connectivity index (χ4n) is 3.06. The molecule has 0 spiro atoms. The number of aliphatic carboxylic acids is 1. The lowest BCUT2D eigenvalue weighted by Crippen LogP contribution is -2.36. The topological polar surface area (TPSA) is 115 Å². The number of nitrogens with zero attached hydrogens (tertiary/aromatic N) is 2. The van der Waals surface area contributed by atoms with Crippen molar-refractivity contribution in [1.29, 1.82) is 0 Å². The van der Waals surface area contributed by atoms with Gasteiger partial charge in [0.2, 0.25) is 10.0 Å². The van der Waals surface area contributed by atoms with Crippen LogP contribution in [0.15, 0.2) is 17.0 Å². The maximum Gasteiger partial charge on any atom is 0.320 e. The normalized spacial score (nSPS) is 21.7. The van der Waals surface area contributed by atoms with Gasteiger partial charge in [-0.2, -0.15) is 5.10 Å². The van der Waals surface area contributed by atoms with Crippen LogP contribution in [0.4, 0.5) is 0 Å². The summed E-state index contributed by atoms with van der Waals surface area (Å²) < 4.78 is 28.1. The fourth-order valence-corrected chi connectivity index (χ4v) is 5.85. The number of rotatable bonds is 5. The molecule has 0 unspecified atom stereocenters. The minimum Gasteiger partial charge on any atom is -0.480 e. The van der Waals surface area contributed by atoms with E-state index in [9.17, 15) is 13.2 Å². The van der Waals surface area contributed by atoms with E-state index in [1.807, 2.05) is 13.0 Å². The second-order valence-electron chi connectivity index (χ2n) is 6.31. The molecule has 3 N–H and O–H groups in total. The molecule has 1 aliphatic rings. The Balaban J connectivity index is 1.81. The van der Waals surface area contributed by atoms with E-state index in [1.165, 1.54) is 11.3 Å². The quantitative estimate of drug-likeness (QED) is 0.713. The van der Waals surface area contributed by atoms with Crippen LogP contribution in [0.5, 0.6) is 0 Å². The monoisotopic (exact) mass is 384 g/mol. The molecule has 2 aromatic heterocycles. The first-order chi connectivity index (χ1) is 11.7. The second kappa shape index (κ2) is 6.52. The number of hydrogen-bond donors (Lipinski definition) is 3. The van der Waals surface area contributed by atoms with Gasteiger partial charge in [0.1, 0.15) is 11.7 Å². The summed E-state index contributed by atoms with van der Waals surface area (Å²) in [6, 6.07) is 2.38. The molecule has 1 aliphatic heterocycles. The van der Waals surface area contributed by atoms with Gasteiger partial charge in [-0.1, -0.05) is 0 Å². The second-order valence-corrected chi connectivity index (χ2v) is 9.25. The zero-order chi connectivity index (χ0) is 18.4. The molecule has 0 bridgehead atoms. The first-order valence-electron chi connectivity index (χ1n) is 7.75. The molecule has 0 aromatic carbocycles. The van der Waals surface area contributed by atoms with Gasteiger partial charge < -0.3 is 5.11 Å². The number of carboxylic acids is 1. The van der Waals surface area contributed by atoms with Crippen molar-refractivity contribution in [3.8, 4) is 10.6 Å². The maximum atomic E-state index is 12.7. The first-order valence-corrected chi connectivity index (χ1v) is 10.1. The molecule has 0 aliphatic carbocycles. The van der Waals surface area contributed by atoms with E-state index in [2.05, 4.69) is 14.9 Å². The number of H-pyrrole nitrogens is 1. The molecule has 1 fully saturated rings. The van der Waals surface area contributed by atoms with Gasteiger partial charge in [-0.25, -0.2) is 13.1 Å². The lowest BCUT2D eigenvalue weighted by Gasteiger charge is -2.13. The van der Waals surface area contributed by atoms with Crippen molar-refractivity contribution in [3.63, 3.8) is 0 Å². The standard InChI is InChI=1S/C15H20N4O4S2/c1-8-4-11(17-16-8)13-6-14(9(2)24-13)25(22,23)18-10-5-12(15(20)21)19(3)7-10/h4,6,10,12,18H,5,7H2,1-3H3,(H,16,17)(H,20,21)/t10-,12+/m1/s1. The van der Waals surface area contributed by atoms with Crippen LogP contribution in [-0.4, -0.2) is 60.3 Å². The number of aryl methyl sites for hydroxylation is 2. The summed E-state index contributed by atoms with van der Waals surface area (Å²) in [7, 11) is -2.04. The van der Waals surface area contributed by atoms with Crippen molar-refractivity contribution in [2.75, 3.05) is 13.6 Å². The van der Waals surface area contributed by atoms with E-state index >= 15 is 0 Å². The van der Waals surface area contributed by atoms with E-state index < -0.39 is 28.1 Å². The Bertz CT molecular complexity index is 903. The summed E-state index contributed by atoms with van der Waals surface area (Å²) in [5.41, 5.74) is 1.61. The first kappa shape index (κ1) is 18.1. The van der Waals surface area contributed by atoms with Gasteiger partial charge in [0.25, 0.3) is 0 Å². The van der Waals surface area contributed by atoms with Gasteiger partial charge in [0.15, 0.2) is 0 Å². The third-order valence-corrected chi connectivity index (χ3v) is 7.12. The van der Waals surface area contributed by atoms with Crippen LogP contribution in [-0.2, 0) is 14.8 Å². The number of sulfonamides is 1. The van der Waals surface area contributed by atoms with E-state index in [0.717, 1.165) is 10.6 Å². The minimum absolute atomic E-state index is 0.217. The van der Waals surface area contributed by atoms with Crippen molar-refractivity contribution in [3.05, 3.63) is 22.7 Å². The third kappa shape index (κ3) is 3.61. The summed E-state index contributed by atoms with van der Waals surface area (Å²) in [6.45, 7) is 4.00. The molecular weight excluding hydrogens is 364 g/mol. The van der Waals surface area contributed by atoms with Gasteiger partial charge in [-0.15, -0.1) is 11.3 Å². The Morgan fingerprint density at radius 1 is 1.44 bits per heavy atom. The predicted octanol–water partition coefficient (Wildman–Crippen LogP) is 1.19. The summed E-state index contributed by atoms with van der Waals surface area (Å²) >= 11 is 1.37. The molecule has 3 rings (SSSR count). The van der Waals surface area contributed by atoms with Crippen LogP contribution in [0, 0.1) is 13.8 Å². The van der Waals surface area contributed by atoms with Gasteiger partial charge in [0.05, 0.1) is 9.77 Å². The average Bonchev–Trinajstić information content (AvgIpc) is 3.17. The molecular formula is C15H20N4O4S2. The highest BCUT2D eigenvalue weighted by molar-refractivity contribution is 7.89. The largest absolute Gasteiger partial charge is 0.480 e. The number of carboxylic acid groups (broad SMARTS) is 1. The summed E-state index contributed by atoms with van der Waals surface area (Å²) in [5, 5.41) is 16.2. The van der Waals surface area contributed by atoms with Gasteiger partial charge in [0, 0.05) is 23.2 Å². The number of aromatic nitrogens is 2. The molecule has 1 saturated heterocycles. The number of nitrogens with one attached hydrogen (secondary N) is 2. The lowest BCUT2D eigenvalue weighted by molar-refractivity contribution is -0.141. The number of aromatic amines is 1. The van der Waals surface area contributed by atoms with Gasteiger partial charge in [-0.3, -0.25) is 14.8 Å². The Morgan fingerprint density at radius 3 is 2.72 bits per heavy atom. The SMILES string of the molecule is Cc1cc(-c2cc(S(=O)(=O)N[C@@H]3C[C@@H](C(=O)O)N(C)C3)c(C)s2)n[nH]1. The van der Waals surface area contributed by atoms with Crippen molar-refractivity contribution in [2.45, 2.75) is 37.2 Å². The average molecular weight is 384 g/mol. The third-order valence-electron chi connectivity index (χ3n) is 4.28. The van der Waals surface area contributed by atoms with Crippen molar-refractivity contribution >= 4 is 27.3 Å². The molecule has 2 aromatic rings. The van der Waals surface area contributed by atoms with Crippen LogP contribution in [0.2, 0.25) is 0 Å². The molecule has 0 saturated carbocycles. The summed E-state index contributed by atoms with van der Waals surface area (Å²) in [4.78, 5) is 14.5. The molecule has 8 nitrogen and oxygen atoms in total. The van der Waals surface area contributed by atoms with E-state index in [0.29, 0.717) is 17.1 Å². The molecule has 0 amide bonds. The van der Waals surface area contributed by atoms with E-state index in [1.54, 1.807) is 24.9 Å². The number of thiophene rings is 1. The Labute approximate surface area is 149 Å². The molecule has 25 heavy (non-hydrogen) atoms. The van der Waals surface area contributed by atoms with Crippen molar-refractivity contribution < 1.29 is 18.3 Å². The molecule has 2 atom stereocenters. The fraction of sp³-hybridized carbons (Fsp3) is 0.467. The van der Waals surface area contributed by atoms with Crippen molar-refractivity contribution in [1.82, 2.24) is 19.8 Å². The molecule has 0 radical (unpaired) electrons. The van der Waals surface area contributed by atoms with Crippen LogP contribution in [0.1, 0.15) is 17.0 Å². The zero-order valence-electron chi connectivity index (χ0n) is 14.1. The number of carbonyl (C=O) groups is 1. The Kier molecular flexibility index (Phi) is 4.71. The van der Waals surface area contributed by atoms with E-state index in [-0.39, 0.29) is 11.3 Å². The van der Waals surface area contributed by atoms with Crippen LogP contribution in [0.3, 0.4) is 0 Å². The minimum atomic E-state index is -3.72. The van der Waals surface area contributed by atoms with Crippen LogP contribution in [0.25, 0.3) is 10.6 Å². The number of likely N-dealkylation sites (N-methyl/N-ethyl adjacent to an activating group) is 1. The predicted molar refractivity (Wildman–Crippen MR) is 94.2 cm³/mol. The lowest BCUT2D eigenvalue weighted by atomic mass is 10.2. The number of hydrogen-bond acceptors (Lipinski definition) is 6.